The topological polar surface area (TPSA) is 20.3 Å². The van der Waals surface area contributed by atoms with Crippen LogP contribution in [0.15, 0.2) is 40.2 Å². The Bertz CT molecular complexity index is 598. The molecule has 2 rings (SSSR count). The Morgan fingerprint density at radius 1 is 1.40 bits per heavy atom. The van der Waals surface area contributed by atoms with Crippen molar-refractivity contribution < 1.29 is 4.79 Å². The summed E-state index contributed by atoms with van der Waals surface area (Å²) in [6.45, 7) is 4.68. The lowest BCUT2D eigenvalue weighted by molar-refractivity contribution is 0.0692. The van der Waals surface area contributed by atoms with Crippen LogP contribution in [0, 0.1) is 0 Å². The van der Waals surface area contributed by atoms with Crippen LogP contribution in [-0.4, -0.2) is 16.8 Å². The SMILES string of the molecule is CC(C)N(Cc1cccs1)C(=O)c1ccc(Cl)c(Br)c1. The molecule has 1 amide bonds. The minimum atomic E-state index is 0.0192. The van der Waals surface area contributed by atoms with Gasteiger partial charge in [-0.1, -0.05) is 17.7 Å². The van der Waals surface area contributed by atoms with Gasteiger partial charge in [0.15, 0.2) is 0 Å². The van der Waals surface area contributed by atoms with E-state index in [4.69, 9.17) is 11.6 Å². The van der Waals surface area contributed by atoms with Gasteiger partial charge in [-0.3, -0.25) is 4.79 Å². The number of benzene rings is 1. The van der Waals surface area contributed by atoms with Gasteiger partial charge in [-0.25, -0.2) is 0 Å². The molecule has 20 heavy (non-hydrogen) atoms. The lowest BCUT2D eigenvalue weighted by Crippen LogP contribution is -2.36. The summed E-state index contributed by atoms with van der Waals surface area (Å²) >= 11 is 11.0. The van der Waals surface area contributed by atoms with Crippen LogP contribution < -0.4 is 0 Å². The summed E-state index contributed by atoms with van der Waals surface area (Å²) in [6, 6.07) is 9.46. The van der Waals surface area contributed by atoms with Gasteiger partial charge in [-0.2, -0.15) is 0 Å². The number of thiophene rings is 1. The van der Waals surface area contributed by atoms with Gasteiger partial charge in [-0.05, 0) is 59.4 Å². The van der Waals surface area contributed by atoms with E-state index in [2.05, 4.69) is 15.9 Å². The Kier molecular flexibility index (Phi) is 5.24. The smallest absolute Gasteiger partial charge is 0.254 e. The van der Waals surface area contributed by atoms with Crippen LogP contribution in [0.4, 0.5) is 0 Å². The average molecular weight is 373 g/mol. The lowest BCUT2D eigenvalue weighted by atomic mass is 10.1. The maximum atomic E-state index is 12.6. The summed E-state index contributed by atoms with van der Waals surface area (Å²) in [5, 5.41) is 2.63. The molecule has 0 saturated heterocycles. The maximum absolute atomic E-state index is 12.6. The first-order valence-electron chi connectivity index (χ1n) is 6.27. The summed E-state index contributed by atoms with van der Waals surface area (Å²) in [4.78, 5) is 15.7. The molecule has 1 heterocycles. The summed E-state index contributed by atoms with van der Waals surface area (Å²) in [5.41, 5.74) is 0.645. The third-order valence-electron chi connectivity index (χ3n) is 2.96. The average Bonchev–Trinajstić information content (AvgIpc) is 2.91. The molecular formula is C15H15BrClNOS. The zero-order valence-electron chi connectivity index (χ0n) is 11.3. The van der Waals surface area contributed by atoms with Crippen molar-refractivity contribution in [3.05, 3.63) is 55.6 Å². The second-order valence-electron chi connectivity index (χ2n) is 4.74. The van der Waals surface area contributed by atoms with Crippen LogP contribution in [-0.2, 0) is 6.54 Å². The molecule has 1 aromatic carbocycles. The second-order valence-corrected chi connectivity index (χ2v) is 7.03. The van der Waals surface area contributed by atoms with Gasteiger partial charge in [0.25, 0.3) is 5.91 Å². The van der Waals surface area contributed by atoms with Gasteiger partial charge in [0.05, 0.1) is 11.6 Å². The number of hydrogen-bond acceptors (Lipinski definition) is 2. The van der Waals surface area contributed by atoms with E-state index in [1.807, 2.05) is 36.3 Å². The number of nitrogens with zero attached hydrogens (tertiary/aromatic N) is 1. The molecule has 106 valence electrons. The number of hydrogen-bond donors (Lipinski definition) is 0. The van der Waals surface area contributed by atoms with E-state index < -0.39 is 0 Å². The van der Waals surface area contributed by atoms with Crippen molar-refractivity contribution in [2.24, 2.45) is 0 Å². The number of halogens is 2. The molecule has 0 saturated carbocycles. The third kappa shape index (κ3) is 3.62. The minimum absolute atomic E-state index is 0.0192. The van der Waals surface area contributed by atoms with Crippen molar-refractivity contribution in [1.82, 2.24) is 4.90 Å². The van der Waals surface area contributed by atoms with Gasteiger partial charge < -0.3 is 4.90 Å². The van der Waals surface area contributed by atoms with E-state index in [0.717, 1.165) is 4.47 Å². The van der Waals surface area contributed by atoms with E-state index >= 15 is 0 Å². The molecule has 1 aromatic heterocycles. The summed E-state index contributed by atoms with van der Waals surface area (Å²) < 4.78 is 0.741. The molecule has 0 atom stereocenters. The van der Waals surface area contributed by atoms with E-state index in [1.54, 1.807) is 29.5 Å². The quantitative estimate of drug-likeness (QED) is 0.721. The standard InChI is InChI=1S/C15H15BrClNOS/c1-10(2)18(9-12-4-3-7-20-12)15(19)11-5-6-14(17)13(16)8-11/h3-8,10H,9H2,1-2H3. The maximum Gasteiger partial charge on any atom is 0.254 e. The Morgan fingerprint density at radius 3 is 2.70 bits per heavy atom. The Morgan fingerprint density at radius 2 is 2.15 bits per heavy atom. The second kappa shape index (κ2) is 6.74. The largest absolute Gasteiger partial charge is 0.331 e. The summed E-state index contributed by atoms with van der Waals surface area (Å²) in [7, 11) is 0. The van der Waals surface area contributed by atoms with Crippen molar-refractivity contribution in [3.63, 3.8) is 0 Å². The highest BCUT2D eigenvalue weighted by molar-refractivity contribution is 9.10. The molecule has 0 bridgehead atoms. The molecule has 5 heteroatoms. The number of carbonyl (C=O) groups is 1. The summed E-state index contributed by atoms with van der Waals surface area (Å²) in [6.07, 6.45) is 0. The van der Waals surface area contributed by atoms with Crippen LogP contribution in [0.5, 0.6) is 0 Å². The van der Waals surface area contributed by atoms with E-state index in [9.17, 15) is 4.79 Å². The van der Waals surface area contributed by atoms with Gasteiger partial charge in [0.2, 0.25) is 0 Å². The van der Waals surface area contributed by atoms with Crippen molar-refractivity contribution in [3.8, 4) is 0 Å². The fourth-order valence-corrected chi connectivity index (χ4v) is 3.05. The van der Waals surface area contributed by atoms with Gasteiger partial charge in [0.1, 0.15) is 0 Å². The first-order chi connectivity index (χ1) is 9.49. The molecule has 0 fully saturated rings. The highest BCUT2D eigenvalue weighted by atomic mass is 79.9. The number of carbonyl (C=O) groups excluding carboxylic acids is 1. The third-order valence-corrected chi connectivity index (χ3v) is 5.03. The van der Waals surface area contributed by atoms with E-state index in [-0.39, 0.29) is 11.9 Å². The number of rotatable bonds is 4. The molecule has 2 nitrogen and oxygen atoms in total. The molecule has 0 aliphatic carbocycles. The zero-order valence-corrected chi connectivity index (χ0v) is 14.4. The molecule has 0 unspecified atom stereocenters. The summed E-state index contributed by atoms with van der Waals surface area (Å²) in [5.74, 6) is 0.0192. The Labute approximate surface area is 136 Å². The molecule has 0 spiro atoms. The van der Waals surface area contributed by atoms with Gasteiger partial charge >= 0.3 is 0 Å². The van der Waals surface area contributed by atoms with Crippen molar-refractivity contribution in [2.75, 3.05) is 0 Å². The molecule has 0 N–H and O–H groups in total. The predicted octanol–water partition coefficient (Wildman–Crippen LogP) is 5.21. The van der Waals surface area contributed by atoms with E-state index in [1.165, 1.54) is 4.88 Å². The normalized spacial score (nSPS) is 10.8. The number of amides is 1. The zero-order chi connectivity index (χ0) is 14.7. The van der Waals surface area contributed by atoms with Crippen LogP contribution >= 0.6 is 38.9 Å². The van der Waals surface area contributed by atoms with E-state index in [0.29, 0.717) is 17.1 Å². The fraction of sp³-hybridized carbons (Fsp3) is 0.267. The molecule has 2 aromatic rings. The monoisotopic (exact) mass is 371 g/mol. The highest BCUT2D eigenvalue weighted by Gasteiger charge is 2.20. The minimum Gasteiger partial charge on any atom is -0.331 e. The predicted molar refractivity (Wildman–Crippen MR) is 88.5 cm³/mol. The Hall–Kier alpha value is -0.840. The van der Waals surface area contributed by atoms with Crippen molar-refractivity contribution in [2.45, 2.75) is 26.4 Å². The fourth-order valence-electron chi connectivity index (χ4n) is 1.85. The molecule has 0 aliphatic rings. The van der Waals surface area contributed by atoms with Gasteiger partial charge in [-0.15, -0.1) is 11.3 Å². The molecule has 0 aliphatic heterocycles. The van der Waals surface area contributed by atoms with Crippen LogP contribution in [0.1, 0.15) is 29.1 Å². The first kappa shape index (κ1) is 15.5. The van der Waals surface area contributed by atoms with Crippen LogP contribution in [0.25, 0.3) is 0 Å². The molecular weight excluding hydrogens is 358 g/mol. The Balaban J connectivity index is 2.24. The highest BCUT2D eigenvalue weighted by Crippen LogP contribution is 2.25. The lowest BCUT2D eigenvalue weighted by Gasteiger charge is -2.26. The van der Waals surface area contributed by atoms with Crippen LogP contribution in [0.2, 0.25) is 5.02 Å². The first-order valence-corrected chi connectivity index (χ1v) is 8.32. The van der Waals surface area contributed by atoms with Crippen LogP contribution in [0.3, 0.4) is 0 Å². The van der Waals surface area contributed by atoms with Crippen molar-refractivity contribution in [1.29, 1.82) is 0 Å². The molecule has 0 radical (unpaired) electrons. The van der Waals surface area contributed by atoms with Gasteiger partial charge in [0, 0.05) is 21.0 Å². The van der Waals surface area contributed by atoms with Crippen molar-refractivity contribution >= 4 is 44.8 Å².